The highest BCUT2D eigenvalue weighted by molar-refractivity contribution is 7.11. The van der Waals surface area contributed by atoms with Gasteiger partial charge in [0.15, 0.2) is 0 Å². The van der Waals surface area contributed by atoms with Gasteiger partial charge in [-0.15, -0.1) is 11.3 Å². The fourth-order valence-electron chi connectivity index (χ4n) is 7.85. The molecule has 4 aliphatic carbocycles. The number of aliphatic hydroxyl groups is 2. The molecule has 3 heteroatoms. The first-order valence-corrected chi connectivity index (χ1v) is 11.8. The van der Waals surface area contributed by atoms with Gasteiger partial charge in [0.05, 0.1) is 12.2 Å². The van der Waals surface area contributed by atoms with Crippen molar-refractivity contribution in [3.05, 3.63) is 28.5 Å². The van der Waals surface area contributed by atoms with Crippen molar-refractivity contribution in [1.29, 1.82) is 0 Å². The smallest absolute Gasteiger partial charge is 0.0836 e. The van der Waals surface area contributed by atoms with Gasteiger partial charge in [-0.3, -0.25) is 0 Å². The lowest BCUT2D eigenvalue weighted by atomic mass is 9.43. The summed E-state index contributed by atoms with van der Waals surface area (Å²) in [5, 5.41) is 24.7. The average molecular weight is 387 g/mol. The van der Waals surface area contributed by atoms with E-state index in [1.165, 1.54) is 36.1 Å². The SMILES string of the molecule is C[C@H]1CC[C@@]2(C)[C@H](C1)[C@@H](O)C(O)C1[C@@H]2CC[C@]2(C)C(c3cccs3)=CC[C@@H]12. The molecule has 1 aromatic heterocycles. The van der Waals surface area contributed by atoms with Gasteiger partial charge in [0.1, 0.15) is 0 Å². The van der Waals surface area contributed by atoms with Gasteiger partial charge >= 0.3 is 0 Å². The summed E-state index contributed by atoms with van der Waals surface area (Å²) in [6.07, 6.45) is 8.42. The van der Waals surface area contributed by atoms with Crippen LogP contribution in [-0.2, 0) is 0 Å². The third kappa shape index (κ3) is 2.44. The molecular formula is C24H34O2S. The maximum atomic E-state index is 11.3. The van der Waals surface area contributed by atoms with Crippen LogP contribution in [0.3, 0.4) is 0 Å². The average Bonchev–Trinajstić information content (AvgIpc) is 3.27. The van der Waals surface area contributed by atoms with Crippen molar-refractivity contribution in [1.82, 2.24) is 0 Å². The van der Waals surface area contributed by atoms with Gasteiger partial charge in [-0.25, -0.2) is 0 Å². The van der Waals surface area contributed by atoms with E-state index in [2.05, 4.69) is 44.4 Å². The van der Waals surface area contributed by atoms with Crippen LogP contribution in [0.5, 0.6) is 0 Å². The van der Waals surface area contributed by atoms with Gasteiger partial charge in [-0.05, 0) is 89.5 Å². The molecule has 0 aliphatic heterocycles. The Morgan fingerprint density at radius 1 is 1.04 bits per heavy atom. The third-order valence-corrected chi connectivity index (χ3v) is 10.3. The molecule has 0 amide bonds. The van der Waals surface area contributed by atoms with Gasteiger partial charge in [0.2, 0.25) is 0 Å². The molecule has 0 spiro atoms. The van der Waals surface area contributed by atoms with Crippen LogP contribution >= 0.6 is 11.3 Å². The molecule has 2 N–H and O–H groups in total. The van der Waals surface area contributed by atoms with Crippen LogP contribution in [0.4, 0.5) is 0 Å². The predicted molar refractivity (Wildman–Crippen MR) is 111 cm³/mol. The molecule has 0 aromatic carbocycles. The second kappa shape index (κ2) is 6.18. The second-order valence-corrected chi connectivity index (χ2v) is 11.5. The lowest BCUT2D eigenvalue weighted by Gasteiger charge is -2.63. The van der Waals surface area contributed by atoms with Gasteiger partial charge in [-0.1, -0.05) is 39.3 Å². The molecule has 2 nitrogen and oxygen atoms in total. The van der Waals surface area contributed by atoms with E-state index in [4.69, 9.17) is 0 Å². The zero-order valence-electron chi connectivity index (χ0n) is 16.9. The molecule has 0 radical (unpaired) electrons. The van der Waals surface area contributed by atoms with E-state index in [0.717, 1.165) is 12.8 Å². The molecule has 27 heavy (non-hydrogen) atoms. The van der Waals surface area contributed by atoms with Gasteiger partial charge in [0.25, 0.3) is 0 Å². The van der Waals surface area contributed by atoms with E-state index in [0.29, 0.717) is 17.8 Å². The van der Waals surface area contributed by atoms with Gasteiger partial charge < -0.3 is 10.2 Å². The van der Waals surface area contributed by atoms with E-state index < -0.39 is 12.2 Å². The lowest BCUT2D eigenvalue weighted by molar-refractivity contribution is -0.212. The first-order valence-electron chi connectivity index (χ1n) is 11.0. The van der Waals surface area contributed by atoms with Crippen molar-refractivity contribution in [3.63, 3.8) is 0 Å². The summed E-state index contributed by atoms with van der Waals surface area (Å²) in [6, 6.07) is 4.40. The maximum Gasteiger partial charge on any atom is 0.0836 e. The Labute approximate surface area is 167 Å². The summed E-state index contributed by atoms with van der Waals surface area (Å²) in [5.41, 5.74) is 1.85. The monoisotopic (exact) mass is 386 g/mol. The molecule has 1 aromatic rings. The summed E-state index contributed by atoms with van der Waals surface area (Å²) < 4.78 is 0. The zero-order valence-corrected chi connectivity index (χ0v) is 17.7. The molecule has 2 unspecified atom stereocenters. The van der Waals surface area contributed by atoms with Gasteiger partial charge in [-0.2, -0.15) is 0 Å². The first-order chi connectivity index (χ1) is 12.9. The summed E-state index contributed by atoms with van der Waals surface area (Å²) in [7, 11) is 0. The number of rotatable bonds is 1. The van der Waals surface area contributed by atoms with Crippen LogP contribution in [0, 0.1) is 40.4 Å². The fourth-order valence-corrected chi connectivity index (χ4v) is 8.75. The summed E-state index contributed by atoms with van der Waals surface area (Å²) in [6.45, 7) is 7.20. The van der Waals surface area contributed by atoms with E-state index >= 15 is 0 Å². The van der Waals surface area contributed by atoms with Crippen LogP contribution < -0.4 is 0 Å². The van der Waals surface area contributed by atoms with Crippen molar-refractivity contribution in [2.75, 3.05) is 0 Å². The minimum absolute atomic E-state index is 0.151. The van der Waals surface area contributed by atoms with Crippen molar-refractivity contribution in [2.45, 2.75) is 71.5 Å². The number of hydrogen-bond acceptors (Lipinski definition) is 3. The zero-order chi connectivity index (χ0) is 19.0. The minimum Gasteiger partial charge on any atom is -0.390 e. The van der Waals surface area contributed by atoms with Gasteiger partial charge in [0, 0.05) is 4.88 Å². The Morgan fingerprint density at radius 3 is 2.59 bits per heavy atom. The molecule has 5 rings (SSSR count). The molecule has 4 aliphatic rings. The topological polar surface area (TPSA) is 40.5 Å². The number of thiophene rings is 1. The number of fused-ring (bicyclic) bond motifs is 5. The number of allylic oxidation sites excluding steroid dienone is 2. The minimum atomic E-state index is -0.556. The quantitative estimate of drug-likeness (QED) is 0.682. The van der Waals surface area contributed by atoms with Crippen LogP contribution in [0.2, 0.25) is 0 Å². The van der Waals surface area contributed by atoms with E-state index in [9.17, 15) is 10.2 Å². The largest absolute Gasteiger partial charge is 0.390 e. The molecule has 0 bridgehead atoms. The van der Waals surface area contributed by atoms with Crippen LogP contribution in [0.15, 0.2) is 23.6 Å². The Bertz CT molecular complexity index is 740. The standard InChI is InChI=1S/C24H34O2S/c1-14-8-10-24(3)17-9-11-23(2)15(19-5-4-12-27-19)6-7-16(23)20(17)22(26)21(25)18(24)13-14/h4-6,12,14,16-18,20-22,25-26H,7-11,13H2,1-3H3/t14-,16-,17-,18+,20?,21+,22?,23+,24+/m0/s1. The summed E-state index contributed by atoms with van der Waals surface area (Å²) in [5.74, 6) is 2.21. The van der Waals surface area contributed by atoms with E-state index in [1.807, 2.05) is 11.3 Å². The van der Waals surface area contributed by atoms with Crippen molar-refractivity contribution in [2.24, 2.45) is 40.4 Å². The molecule has 3 fully saturated rings. The Balaban J connectivity index is 1.51. The van der Waals surface area contributed by atoms with E-state index in [-0.39, 0.29) is 22.7 Å². The molecule has 1 heterocycles. The highest BCUT2D eigenvalue weighted by Crippen LogP contribution is 2.67. The van der Waals surface area contributed by atoms with Crippen LogP contribution in [-0.4, -0.2) is 22.4 Å². The predicted octanol–water partition coefficient (Wildman–Crippen LogP) is 5.36. The number of aliphatic hydroxyl groups excluding tert-OH is 2. The first kappa shape index (κ1) is 18.4. The van der Waals surface area contributed by atoms with Crippen LogP contribution in [0.1, 0.15) is 64.2 Å². The molecule has 3 saturated carbocycles. The molecule has 0 saturated heterocycles. The highest BCUT2D eigenvalue weighted by Gasteiger charge is 2.63. The highest BCUT2D eigenvalue weighted by atomic mass is 32.1. The Morgan fingerprint density at radius 2 is 1.85 bits per heavy atom. The molecule has 148 valence electrons. The van der Waals surface area contributed by atoms with Crippen LogP contribution in [0.25, 0.3) is 5.57 Å². The van der Waals surface area contributed by atoms with E-state index in [1.54, 1.807) is 0 Å². The van der Waals surface area contributed by atoms with Crippen molar-refractivity contribution < 1.29 is 10.2 Å². The molecule has 9 atom stereocenters. The number of hydrogen-bond donors (Lipinski definition) is 2. The normalized spacial score (nSPS) is 51.9. The molecular weight excluding hydrogens is 352 g/mol. The third-order valence-electron chi connectivity index (χ3n) is 9.38. The van der Waals surface area contributed by atoms with Crippen molar-refractivity contribution in [3.8, 4) is 0 Å². The second-order valence-electron chi connectivity index (χ2n) is 10.6. The summed E-state index contributed by atoms with van der Waals surface area (Å²) in [4.78, 5) is 1.40. The lowest BCUT2D eigenvalue weighted by Crippen LogP contribution is -2.63. The van der Waals surface area contributed by atoms with Crippen molar-refractivity contribution >= 4 is 16.9 Å². The summed E-state index contributed by atoms with van der Waals surface area (Å²) >= 11 is 1.84. The Hall–Kier alpha value is -0.640. The Kier molecular flexibility index (Phi) is 4.21. The maximum absolute atomic E-state index is 11.3. The fraction of sp³-hybridized carbons (Fsp3) is 0.750.